The lowest BCUT2D eigenvalue weighted by Crippen LogP contribution is -2.26. The summed E-state index contributed by atoms with van der Waals surface area (Å²) in [6.07, 6.45) is 0. The summed E-state index contributed by atoms with van der Waals surface area (Å²) in [6.45, 7) is 8.60. The summed E-state index contributed by atoms with van der Waals surface area (Å²) in [5.74, 6) is 0. The minimum atomic E-state index is -0.502. The molecule has 0 saturated carbocycles. The highest BCUT2D eigenvalue weighted by molar-refractivity contribution is 6.02. The van der Waals surface area contributed by atoms with Crippen molar-refractivity contribution in [1.82, 2.24) is 0 Å². The predicted molar refractivity (Wildman–Crippen MR) is 249 cm³/mol. The lowest BCUT2D eigenvalue weighted by molar-refractivity contribution is 0.795. The number of aryl methyl sites for hydroxylation is 4. The molecule has 11 rings (SSSR count). The van der Waals surface area contributed by atoms with E-state index >= 15 is 0 Å². The van der Waals surface area contributed by atoms with Crippen molar-refractivity contribution in [2.45, 2.75) is 33.1 Å². The molecule has 2 nitrogen and oxygen atoms in total. The largest absolute Gasteiger partial charge is 0.310 e. The average Bonchev–Trinajstić information content (AvgIpc) is 3.72. The fraction of sp³-hybridized carbons (Fsp3) is 0.0877. The Morgan fingerprint density at radius 1 is 0.271 bits per heavy atom. The topological polar surface area (TPSA) is 6.48 Å². The summed E-state index contributed by atoms with van der Waals surface area (Å²) < 4.78 is 0. The molecule has 282 valence electrons. The van der Waals surface area contributed by atoms with Crippen molar-refractivity contribution in [1.29, 1.82) is 0 Å². The molecule has 0 heterocycles. The first kappa shape index (κ1) is 35.0. The number of hydrogen-bond acceptors (Lipinski definition) is 2. The molecule has 2 heteroatoms. The van der Waals surface area contributed by atoms with Crippen LogP contribution in [0.5, 0.6) is 0 Å². The molecule has 0 amide bonds. The molecule has 9 aromatic rings. The number of hydrogen-bond donors (Lipinski definition) is 0. The fourth-order valence-corrected chi connectivity index (χ4v) is 9.80. The van der Waals surface area contributed by atoms with E-state index in [0.717, 1.165) is 34.1 Å². The zero-order valence-corrected chi connectivity index (χ0v) is 33.9. The Kier molecular flexibility index (Phi) is 8.00. The molecule has 59 heavy (non-hydrogen) atoms. The molecule has 2 aliphatic carbocycles. The molecule has 0 unspecified atom stereocenters. The quantitative estimate of drug-likeness (QED) is 0.167. The molecule has 1 spiro atoms. The van der Waals surface area contributed by atoms with Crippen molar-refractivity contribution in [2.75, 3.05) is 9.80 Å². The van der Waals surface area contributed by atoms with E-state index in [9.17, 15) is 0 Å². The second-order valence-corrected chi connectivity index (χ2v) is 16.5. The molecule has 0 saturated heterocycles. The molecule has 0 bridgehead atoms. The van der Waals surface area contributed by atoms with E-state index in [1.807, 2.05) is 0 Å². The van der Waals surface area contributed by atoms with Gasteiger partial charge in [0, 0.05) is 34.1 Å². The van der Waals surface area contributed by atoms with Crippen LogP contribution in [0.2, 0.25) is 0 Å². The lowest BCUT2D eigenvalue weighted by Gasteiger charge is -2.32. The molecule has 0 atom stereocenters. The number of anilines is 6. The molecule has 0 N–H and O–H groups in total. The maximum atomic E-state index is 2.51. The molecule has 0 aromatic heterocycles. The van der Waals surface area contributed by atoms with Crippen LogP contribution in [0.15, 0.2) is 194 Å². The highest BCUT2D eigenvalue weighted by atomic mass is 15.1. The van der Waals surface area contributed by atoms with Gasteiger partial charge in [0.15, 0.2) is 0 Å². The average molecular weight is 757 g/mol. The van der Waals surface area contributed by atoms with Gasteiger partial charge in [0.2, 0.25) is 0 Å². The zero-order valence-electron chi connectivity index (χ0n) is 33.9. The van der Waals surface area contributed by atoms with E-state index in [2.05, 4.69) is 232 Å². The van der Waals surface area contributed by atoms with Crippen LogP contribution in [0, 0.1) is 27.7 Å². The van der Waals surface area contributed by atoms with Gasteiger partial charge < -0.3 is 9.80 Å². The highest BCUT2D eigenvalue weighted by Crippen LogP contribution is 2.64. The van der Waals surface area contributed by atoms with Crippen molar-refractivity contribution in [3.05, 3.63) is 239 Å². The summed E-state index contributed by atoms with van der Waals surface area (Å²) in [4.78, 5) is 4.80. The van der Waals surface area contributed by atoms with E-state index in [1.54, 1.807) is 0 Å². The van der Waals surface area contributed by atoms with Crippen molar-refractivity contribution in [2.24, 2.45) is 0 Å². The van der Waals surface area contributed by atoms with Crippen LogP contribution in [0.3, 0.4) is 0 Å². The third-order valence-corrected chi connectivity index (χ3v) is 12.7. The number of benzene rings is 9. The van der Waals surface area contributed by atoms with Crippen LogP contribution in [0.1, 0.15) is 44.5 Å². The van der Waals surface area contributed by atoms with Crippen LogP contribution in [0.4, 0.5) is 34.1 Å². The van der Waals surface area contributed by atoms with Gasteiger partial charge in [0.05, 0.1) is 5.41 Å². The lowest BCUT2D eigenvalue weighted by atomic mass is 9.70. The van der Waals surface area contributed by atoms with Crippen LogP contribution in [-0.4, -0.2) is 0 Å². The molecule has 9 aromatic carbocycles. The molecule has 2 aliphatic rings. The second-order valence-electron chi connectivity index (χ2n) is 16.5. The van der Waals surface area contributed by atoms with Gasteiger partial charge in [-0.3, -0.25) is 0 Å². The SMILES string of the molecule is Cc1ccc(N(c2ccc(C)cc2)c2ccc3c(c2)C2(c4ccccc4-c4ccccc42)c2cc4cc(N(c5ccc(C)cc5)c5ccc(C)cc5)ccc4cc2-3)cc1. The Labute approximate surface area is 347 Å². The molecule has 0 radical (unpaired) electrons. The van der Waals surface area contributed by atoms with Crippen molar-refractivity contribution < 1.29 is 0 Å². The van der Waals surface area contributed by atoms with Gasteiger partial charge in [-0.15, -0.1) is 0 Å². The van der Waals surface area contributed by atoms with Crippen molar-refractivity contribution >= 4 is 44.9 Å². The summed E-state index contributed by atoms with van der Waals surface area (Å²) in [6, 6.07) is 72.9. The van der Waals surface area contributed by atoms with Gasteiger partial charge in [-0.2, -0.15) is 0 Å². The van der Waals surface area contributed by atoms with Crippen LogP contribution in [0.25, 0.3) is 33.0 Å². The molecular formula is C57H44N2. The second kappa shape index (κ2) is 13.5. The summed E-state index contributed by atoms with van der Waals surface area (Å²) in [7, 11) is 0. The Morgan fingerprint density at radius 2 is 0.644 bits per heavy atom. The van der Waals surface area contributed by atoms with E-state index in [4.69, 9.17) is 0 Å². The first-order valence-electron chi connectivity index (χ1n) is 20.7. The Morgan fingerprint density at radius 3 is 1.12 bits per heavy atom. The van der Waals surface area contributed by atoms with Crippen molar-refractivity contribution in [3.8, 4) is 22.3 Å². The van der Waals surface area contributed by atoms with E-state index in [-0.39, 0.29) is 0 Å². The van der Waals surface area contributed by atoms with Gasteiger partial charge in [0.1, 0.15) is 0 Å². The smallest absolute Gasteiger partial charge is 0.0726 e. The first-order valence-corrected chi connectivity index (χ1v) is 20.7. The van der Waals surface area contributed by atoms with Crippen molar-refractivity contribution in [3.63, 3.8) is 0 Å². The summed E-state index contributed by atoms with van der Waals surface area (Å²) in [5.41, 5.74) is 21.9. The standard InChI is InChI=1S/C57H44N2/c1-37-13-22-43(23-14-37)58(44-24-15-38(2)16-25-44)47-30-21-41-34-52-51-32-31-48(59(45-26-17-39(3)18-27-45)46-28-19-40(4)20-29-46)36-56(51)57(55(52)35-42(41)33-47)53-11-7-5-9-49(53)50-10-6-8-12-54(50)57/h5-36H,1-4H3. The minimum absolute atomic E-state index is 0.502. The Balaban J connectivity index is 1.16. The van der Waals surface area contributed by atoms with Gasteiger partial charge in [-0.05, 0) is 168 Å². The summed E-state index contributed by atoms with van der Waals surface area (Å²) >= 11 is 0. The molecular weight excluding hydrogens is 713 g/mol. The van der Waals surface area contributed by atoms with E-state index in [1.165, 1.54) is 77.5 Å². The zero-order chi connectivity index (χ0) is 39.8. The number of rotatable bonds is 6. The third kappa shape index (κ3) is 5.47. The van der Waals surface area contributed by atoms with Gasteiger partial charge in [-0.1, -0.05) is 131 Å². The van der Waals surface area contributed by atoms with Crippen LogP contribution >= 0.6 is 0 Å². The maximum Gasteiger partial charge on any atom is 0.0726 e. The van der Waals surface area contributed by atoms with Gasteiger partial charge >= 0.3 is 0 Å². The number of fused-ring (bicyclic) bond motifs is 11. The summed E-state index contributed by atoms with van der Waals surface area (Å²) in [5, 5.41) is 2.45. The molecule has 0 aliphatic heterocycles. The van der Waals surface area contributed by atoms with Crippen LogP contribution < -0.4 is 9.80 Å². The monoisotopic (exact) mass is 756 g/mol. The van der Waals surface area contributed by atoms with Gasteiger partial charge in [0.25, 0.3) is 0 Å². The highest BCUT2D eigenvalue weighted by Gasteiger charge is 2.52. The Hall–Kier alpha value is -7.16. The normalized spacial score (nSPS) is 12.9. The first-order chi connectivity index (χ1) is 28.9. The van der Waals surface area contributed by atoms with E-state index in [0.29, 0.717) is 0 Å². The van der Waals surface area contributed by atoms with Gasteiger partial charge in [-0.25, -0.2) is 0 Å². The van der Waals surface area contributed by atoms with E-state index < -0.39 is 5.41 Å². The minimum Gasteiger partial charge on any atom is -0.310 e. The third-order valence-electron chi connectivity index (χ3n) is 12.7. The number of nitrogens with zero attached hydrogens (tertiary/aromatic N) is 2. The predicted octanol–water partition coefficient (Wildman–Crippen LogP) is 15.4. The van der Waals surface area contributed by atoms with Crippen LogP contribution in [-0.2, 0) is 5.41 Å². The maximum absolute atomic E-state index is 2.51. The molecule has 0 fully saturated rings. The fourth-order valence-electron chi connectivity index (χ4n) is 9.80. The Bertz CT molecular complexity index is 2930.